The third kappa shape index (κ3) is 10.3. The largest absolute Gasteiger partial charge is 0.755 e. The number of aryl methyl sites for hydroxylation is 1. The summed E-state index contributed by atoms with van der Waals surface area (Å²) >= 11 is -0.931. The number of thiazole rings is 1. The quantitative estimate of drug-likeness (QED) is 0.377. The summed E-state index contributed by atoms with van der Waals surface area (Å²) in [6.07, 6.45) is 1.03. The highest BCUT2D eigenvalue weighted by atomic mass is 32.2. The molecule has 1 aromatic carbocycles. The Morgan fingerprint density at radius 2 is 1.83 bits per heavy atom. The van der Waals surface area contributed by atoms with Crippen molar-refractivity contribution in [2.24, 2.45) is 5.92 Å². The molecule has 0 radical (unpaired) electrons. The lowest BCUT2D eigenvalue weighted by Crippen LogP contribution is -2.49. The number of amides is 2. The van der Waals surface area contributed by atoms with Gasteiger partial charge in [0.25, 0.3) is 0 Å². The van der Waals surface area contributed by atoms with E-state index in [1.54, 1.807) is 45.0 Å². The van der Waals surface area contributed by atoms with E-state index in [9.17, 15) is 18.4 Å². The summed E-state index contributed by atoms with van der Waals surface area (Å²) in [5, 5.41) is 8.51. The summed E-state index contributed by atoms with van der Waals surface area (Å²) in [6.45, 7) is 11.3. The molecule has 0 saturated heterocycles. The van der Waals surface area contributed by atoms with Crippen LogP contribution in [-0.2, 0) is 33.6 Å². The Labute approximate surface area is 213 Å². The number of hydrogen-bond acceptors (Lipinski definition) is 7. The van der Waals surface area contributed by atoms with Crippen LogP contribution >= 0.6 is 11.3 Å². The maximum atomic E-state index is 13.3. The third-order valence-corrected chi connectivity index (χ3v) is 6.27. The van der Waals surface area contributed by atoms with Crippen LogP contribution in [0.4, 0.5) is 10.5 Å². The van der Waals surface area contributed by atoms with E-state index in [1.165, 1.54) is 11.3 Å². The highest BCUT2D eigenvalue weighted by Crippen LogP contribution is 2.24. The van der Waals surface area contributed by atoms with Gasteiger partial charge in [-0.25, -0.2) is 9.78 Å². The van der Waals surface area contributed by atoms with Gasteiger partial charge in [-0.3, -0.25) is 9.00 Å². The fourth-order valence-electron chi connectivity index (χ4n) is 3.31. The number of carbonyl (C=O) groups excluding carboxylic acids is 2. The molecule has 0 aliphatic carbocycles. The molecule has 11 heteroatoms. The highest BCUT2D eigenvalue weighted by molar-refractivity contribution is 7.80. The summed E-state index contributed by atoms with van der Waals surface area (Å²) in [5.74, 6) is -0.153. The normalized spacial score (nSPS) is 14.2. The second kappa shape index (κ2) is 13.0. The predicted molar refractivity (Wildman–Crippen MR) is 138 cm³/mol. The number of alkyl carbamates (subject to hydrolysis) is 1. The third-order valence-electron chi connectivity index (χ3n) is 4.86. The SMILES string of the molecule is CCc1csc([C@H](Cc2ccc(NS(=O)[O-])cc2)NC(=O)[C@H](CC(C)C)NC(=O)OC(C)(C)C)n1. The number of aromatic nitrogens is 1. The summed E-state index contributed by atoms with van der Waals surface area (Å²) in [4.78, 5) is 30.4. The van der Waals surface area contributed by atoms with Gasteiger partial charge in [-0.05, 0) is 63.6 Å². The van der Waals surface area contributed by atoms with Crippen LogP contribution in [0.3, 0.4) is 0 Å². The van der Waals surface area contributed by atoms with Crippen LogP contribution < -0.4 is 15.4 Å². The van der Waals surface area contributed by atoms with Gasteiger partial charge >= 0.3 is 6.09 Å². The molecule has 1 unspecified atom stereocenters. The zero-order valence-corrected chi connectivity index (χ0v) is 22.7. The van der Waals surface area contributed by atoms with E-state index >= 15 is 0 Å². The van der Waals surface area contributed by atoms with E-state index in [0.29, 0.717) is 18.5 Å². The minimum atomic E-state index is -2.40. The van der Waals surface area contributed by atoms with Crippen molar-refractivity contribution in [3.8, 4) is 0 Å². The van der Waals surface area contributed by atoms with Gasteiger partial charge in [-0.2, -0.15) is 0 Å². The van der Waals surface area contributed by atoms with Crippen molar-refractivity contribution in [3.05, 3.63) is 45.9 Å². The molecule has 0 bridgehead atoms. The topological polar surface area (TPSA) is 132 Å². The number of anilines is 1. The average Bonchev–Trinajstić information content (AvgIpc) is 3.21. The first-order valence-corrected chi connectivity index (χ1v) is 13.5. The second-order valence-corrected chi connectivity index (χ2v) is 11.2. The van der Waals surface area contributed by atoms with Gasteiger partial charge in [-0.1, -0.05) is 32.9 Å². The second-order valence-electron chi connectivity index (χ2n) is 9.66. The Morgan fingerprint density at radius 1 is 1.17 bits per heavy atom. The van der Waals surface area contributed by atoms with Gasteiger partial charge in [0.1, 0.15) is 16.7 Å². The fourth-order valence-corrected chi connectivity index (χ4v) is 4.59. The Morgan fingerprint density at radius 3 is 2.34 bits per heavy atom. The number of rotatable bonds is 11. The smallest absolute Gasteiger partial charge is 0.408 e. The van der Waals surface area contributed by atoms with Gasteiger partial charge in [0, 0.05) is 22.3 Å². The van der Waals surface area contributed by atoms with Gasteiger partial charge in [0.15, 0.2) is 0 Å². The van der Waals surface area contributed by atoms with Gasteiger partial charge in [-0.15, -0.1) is 11.3 Å². The molecule has 3 atom stereocenters. The summed E-state index contributed by atoms with van der Waals surface area (Å²) in [6, 6.07) is 5.73. The summed E-state index contributed by atoms with van der Waals surface area (Å²) in [7, 11) is 0. The maximum Gasteiger partial charge on any atom is 0.408 e. The number of ether oxygens (including phenoxy) is 1. The van der Waals surface area contributed by atoms with Gasteiger partial charge in [0.2, 0.25) is 5.91 Å². The first kappa shape index (κ1) is 28.7. The molecule has 0 saturated carbocycles. The molecule has 0 spiro atoms. The number of nitrogens with zero attached hydrogens (tertiary/aromatic N) is 1. The monoisotopic (exact) mass is 523 g/mol. The molecule has 2 rings (SSSR count). The average molecular weight is 524 g/mol. The standard InChI is InChI=1S/C24H36N4O5S2/c1-7-17-14-34-22(25-17)20(13-16-8-10-18(11-9-16)28-35(31)32)26-21(29)19(12-15(2)3)27-23(30)33-24(4,5)6/h8-11,14-15,19-20,28H,7,12-13H2,1-6H3,(H,26,29)(H,27,30)(H,31,32)/p-1/t19-,20-/m0/s1. The zero-order valence-electron chi connectivity index (χ0n) is 21.0. The minimum Gasteiger partial charge on any atom is -0.755 e. The number of benzene rings is 1. The first-order chi connectivity index (χ1) is 16.4. The van der Waals surface area contributed by atoms with Crippen molar-refractivity contribution in [2.45, 2.75) is 78.5 Å². The van der Waals surface area contributed by atoms with Crippen molar-refractivity contribution in [3.63, 3.8) is 0 Å². The van der Waals surface area contributed by atoms with Crippen molar-refractivity contribution in [1.29, 1.82) is 0 Å². The molecule has 9 nitrogen and oxygen atoms in total. The van der Waals surface area contributed by atoms with Crippen LogP contribution in [0.25, 0.3) is 0 Å². The molecule has 2 amide bonds. The summed E-state index contributed by atoms with van der Waals surface area (Å²) < 4.78 is 29.4. The van der Waals surface area contributed by atoms with E-state index in [1.807, 2.05) is 26.2 Å². The lowest BCUT2D eigenvalue weighted by Gasteiger charge is -2.26. The van der Waals surface area contributed by atoms with Crippen molar-refractivity contribution < 1.29 is 23.1 Å². The Bertz CT molecular complexity index is 1000. The Hall–Kier alpha value is -2.50. The lowest BCUT2D eigenvalue weighted by molar-refractivity contribution is -0.124. The highest BCUT2D eigenvalue weighted by Gasteiger charge is 2.28. The Balaban J connectivity index is 2.23. The Kier molecular flexibility index (Phi) is 10.7. The van der Waals surface area contributed by atoms with Gasteiger partial charge in [0.05, 0.1) is 11.7 Å². The van der Waals surface area contributed by atoms with Crippen LogP contribution in [-0.4, -0.2) is 37.4 Å². The molecule has 1 aromatic heterocycles. The predicted octanol–water partition coefficient (Wildman–Crippen LogP) is 4.25. The van der Waals surface area contributed by atoms with Crippen molar-refractivity contribution in [2.75, 3.05) is 4.72 Å². The van der Waals surface area contributed by atoms with E-state index in [4.69, 9.17) is 4.74 Å². The number of carbonyl (C=O) groups is 2. The number of hydrogen-bond donors (Lipinski definition) is 3. The molecule has 35 heavy (non-hydrogen) atoms. The van der Waals surface area contributed by atoms with E-state index in [0.717, 1.165) is 22.7 Å². The minimum absolute atomic E-state index is 0.164. The molecule has 194 valence electrons. The molecule has 0 fully saturated rings. The number of nitrogens with one attached hydrogen (secondary N) is 3. The molecule has 3 N–H and O–H groups in total. The van der Waals surface area contributed by atoms with E-state index in [-0.39, 0.29) is 11.8 Å². The van der Waals surface area contributed by atoms with Gasteiger partial charge < -0.3 is 24.6 Å². The first-order valence-electron chi connectivity index (χ1n) is 11.5. The van der Waals surface area contributed by atoms with Crippen LogP contribution in [0.2, 0.25) is 0 Å². The van der Waals surface area contributed by atoms with Crippen LogP contribution in [0.15, 0.2) is 29.6 Å². The van der Waals surface area contributed by atoms with Crippen LogP contribution in [0, 0.1) is 5.92 Å². The molecular weight excluding hydrogens is 488 g/mol. The lowest BCUT2D eigenvalue weighted by atomic mass is 10.0. The van der Waals surface area contributed by atoms with E-state index in [2.05, 4.69) is 20.3 Å². The zero-order chi connectivity index (χ0) is 26.2. The van der Waals surface area contributed by atoms with Crippen LogP contribution in [0.5, 0.6) is 0 Å². The fraction of sp³-hybridized carbons (Fsp3) is 0.542. The molecule has 2 aromatic rings. The molecule has 0 aliphatic heterocycles. The maximum absolute atomic E-state index is 13.3. The summed E-state index contributed by atoms with van der Waals surface area (Å²) in [5.41, 5.74) is 1.60. The van der Waals surface area contributed by atoms with Crippen molar-refractivity contribution in [1.82, 2.24) is 15.6 Å². The van der Waals surface area contributed by atoms with E-state index < -0.39 is 35.0 Å². The molecule has 1 heterocycles. The molecule has 0 aliphatic rings. The van der Waals surface area contributed by atoms with Crippen molar-refractivity contribution >= 4 is 40.3 Å². The molecular formula is C24H35N4O5S2-. The van der Waals surface area contributed by atoms with Crippen LogP contribution in [0.1, 0.15) is 70.3 Å².